The molecule has 2 aliphatic heterocycles. The van der Waals surface area contributed by atoms with E-state index in [1.165, 1.54) is 11.1 Å². The molecular weight excluding hydrogens is 166 g/mol. The number of nitrogens with two attached hydrogens (primary N) is 1. The summed E-state index contributed by atoms with van der Waals surface area (Å²) in [5.74, 6) is 0. The van der Waals surface area contributed by atoms with Crippen molar-refractivity contribution < 1.29 is 0 Å². The molecule has 0 radical (unpaired) electrons. The highest BCUT2D eigenvalue weighted by atomic mass is 32.2. The monoisotopic (exact) mass is 175 g/mol. The second-order valence-corrected chi connectivity index (χ2v) is 4.50. The van der Waals surface area contributed by atoms with Crippen LogP contribution >= 0.6 is 11.8 Å². The Kier molecular flexibility index (Phi) is 1.14. The van der Waals surface area contributed by atoms with Gasteiger partial charge in [-0.1, -0.05) is 24.3 Å². The summed E-state index contributed by atoms with van der Waals surface area (Å²) in [5.41, 5.74) is 9.65. The van der Waals surface area contributed by atoms with Crippen molar-refractivity contribution in [1.82, 2.24) is 0 Å². The summed E-state index contributed by atoms with van der Waals surface area (Å²) in [7, 11) is 0. The third-order valence-corrected chi connectivity index (χ3v) is 3.91. The molecule has 2 N–H and O–H groups in total. The van der Waals surface area contributed by atoms with Crippen molar-refractivity contribution in [3.63, 3.8) is 0 Å². The molecule has 1 nitrogen and oxygen atoms in total. The van der Waals surface area contributed by atoms with Gasteiger partial charge in [0.2, 0.25) is 0 Å². The molecule has 0 aromatic heterocycles. The SMILES string of the molecule is Nc1cccc2c1C1C=CC2S1. The lowest BCUT2D eigenvalue weighted by molar-refractivity contribution is 1.14. The van der Waals surface area contributed by atoms with Crippen molar-refractivity contribution in [2.45, 2.75) is 10.5 Å². The average molecular weight is 175 g/mol. The van der Waals surface area contributed by atoms with Crippen LogP contribution in [0.1, 0.15) is 21.6 Å². The summed E-state index contributed by atoms with van der Waals surface area (Å²) in [6.45, 7) is 0. The summed E-state index contributed by atoms with van der Waals surface area (Å²) in [6, 6.07) is 6.23. The van der Waals surface area contributed by atoms with E-state index >= 15 is 0 Å². The van der Waals surface area contributed by atoms with Gasteiger partial charge in [-0.3, -0.25) is 0 Å². The number of anilines is 1. The third-order valence-electron chi connectivity index (χ3n) is 2.52. The largest absolute Gasteiger partial charge is 0.398 e. The molecule has 0 saturated heterocycles. The minimum Gasteiger partial charge on any atom is -0.398 e. The zero-order valence-corrected chi connectivity index (χ0v) is 7.34. The topological polar surface area (TPSA) is 26.0 Å². The van der Waals surface area contributed by atoms with E-state index in [1.54, 1.807) is 0 Å². The van der Waals surface area contributed by atoms with Gasteiger partial charge < -0.3 is 5.73 Å². The Balaban J connectivity index is 2.30. The number of rotatable bonds is 0. The van der Waals surface area contributed by atoms with Crippen LogP contribution in [-0.2, 0) is 0 Å². The maximum atomic E-state index is 5.91. The van der Waals surface area contributed by atoms with Gasteiger partial charge in [0.05, 0.1) is 5.25 Å². The molecular formula is C10H9NS. The first-order chi connectivity index (χ1) is 5.86. The molecule has 1 aromatic rings. The Morgan fingerprint density at radius 1 is 1.17 bits per heavy atom. The molecule has 12 heavy (non-hydrogen) atoms. The minimum absolute atomic E-state index is 0.534. The number of thioether (sulfide) groups is 1. The number of hydrogen-bond donors (Lipinski definition) is 1. The molecule has 2 bridgehead atoms. The fraction of sp³-hybridized carbons (Fsp3) is 0.200. The van der Waals surface area contributed by atoms with Gasteiger partial charge in [-0.2, -0.15) is 0 Å². The Hall–Kier alpha value is -0.890. The first kappa shape index (κ1) is 6.61. The van der Waals surface area contributed by atoms with Gasteiger partial charge in [0.15, 0.2) is 0 Å². The lowest BCUT2D eigenvalue weighted by atomic mass is 9.96. The van der Waals surface area contributed by atoms with Crippen molar-refractivity contribution in [1.29, 1.82) is 0 Å². The summed E-state index contributed by atoms with van der Waals surface area (Å²) < 4.78 is 0. The molecule has 0 aliphatic carbocycles. The van der Waals surface area contributed by atoms with E-state index in [-0.39, 0.29) is 0 Å². The lowest BCUT2D eigenvalue weighted by Gasteiger charge is -2.10. The molecule has 0 saturated carbocycles. The van der Waals surface area contributed by atoms with Crippen LogP contribution < -0.4 is 5.73 Å². The average Bonchev–Trinajstić information content (AvgIpc) is 2.64. The van der Waals surface area contributed by atoms with E-state index in [9.17, 15) is 0 Å². The highest BCUT2D eigenvalue weighted by molar-refractivity contribution is 8.00. The number of hydrogen-bond acceptors (Lipinski definition) is 2. The lowest BCUT2D eigenvalue weighted by Crippen LogP contribution is -1.98. The van der Waals surface area contributed by atoms with E-state index in [4.69, 9.17) is 5.73 Å². The van der Waals surface area contributed by atoms with Crippen LogP contribution in [0, 0.1) is 0 Å². The maximum absolute atomic E-state index is 5.91. The Morgan fingerprint density at radius 2 is 2.00 bits per heavy atom. The molecule has 2 heterocycles. The van der Waals surface area contributed by atoms with E-state index in [2.05, 4.69) is 18.2 Å². The molecule has 60 valence electrons. The smallest absolute Gasteiger partial charge is 0.0510 e. The predicted octanol–water partition coefficient (Wildman–Crippen LogP) is 2.67. The summed E-state index contributed by atoms with van der Waals surface area (Å²) >= 11 is 1.98. The van der Waals surface area contributed by atoms with Gasteiger partial charge in [0, 0.05) is 10.9 Å². The van der Waals surface area contributed by atoms with E-state index < -0.39 is 0 Å². The predicted molar refractivity (Wildman–Crippen MR) is 53.1 cm³/mol. The number of fused-ring (bicyclic) bond motifs is 5. The summed E-state index contributed by atoms with van der Waals surface area (Å²) in [4.78, 5) is 0. The van der Waals surface area contributed by atoms with E-state index in [0.717, 1.165) is 5.69 Å². The molecule has 1 aromatic carbocycles. The van der Waals surface area contributed by atoms with E-state index in [0.29, 0.717) is 10.5 Å². The van der Waals surface area contributed by atoms with Gasteiger partial charge in [-0.25, -0.2) is 0 Å². The highest BCUT2D eigenvalue weighted by Gasteiger charge is 2.34. The summed E-state index contributed by atoms with van der Waals surface area (Å²) in [5, 5.41) is 1.11. The fourth-order valence-corrected chi connectivity index (χ4v) is 3.41. The van der Waals surface area contributed by atoms with Crippen molar-refractivity contribution in [3.8, 4) is 0 Å². The maximum Gasteiger partial charge on any atom is 0.0510 e. The second kappa shape index (κ2) is 2.07. The first-order valence-electron chi connectivity index (χ1n) is 4.08. The zero-order valence-electron chi connectivity index (χ0n) is 6.53. The van der Waals surface area contributed by atoms with Crippen LogP contribution in [0.2, 0.25) is 0 Å². The minimum atomic E-state index is 0.534. The Labute approximate surface area is 75.7 Å². The molecule has 0 amide bonds. The van der Waals surface area contributed by atoms with Gasteiger partial charge in [-0.15, -0.1) is 11.8 Å². The third kappa shape index (κ3) is 0.661. The molecule has 2 aliphatic rings. The molecule has 0 spiro atoms. The first-order valence-corrected chi connectivity index (χ1v) is 5.02. The molecule has 2 unspecified atom stereocenters. The Bertz CT molecular complexity index is 370. The highest BCUT2D eigenvalue weighted by Crippen LogP contribution is 2.58. The van der Waals surface area contributed by atoms with Gasteiger partial charge in [-0.05, 0) is 17.2 Å². The second-order valence-electron chi connectivity index (χ2n) is 3.21. The molecule has 3 rings (SSSR count). The van der Waals surface area contributed by atoms with Crippen LogP contribution in [0.3, 0.4) is 0 Å². The van der Waals surface area contributed by atoms with Gasteiger partial charge in [0.25, 0.3) is 0 Å². The van der Waals surface area contributed by atoms with Gasteiger partial charge in [0.1, 0.15) is 0 Å². The number of benzene rings is 1. The van der Waals surface area contributed by atoms with Crippen LogP contribution in [0.5, 0.6) is 0 Å². The van der Waals surface area contributed by atoms with Crippen molar-refractivity contribution in [2.24, 2.45) is 0 Å². The van der Waals surface area contributed by atoms with Gasteiger partial charge >= 0.3 is 0 Å². The van der Waals surface area contributed by atoms with Crippen LogP contribution in [0.15, 0.2) is 30.4 Å². The molecule has 2 atom stereocenters. The standard InChI is InChI=1S/C10H9NS/c11-7-3-1-2-6-8-4-5-9(12-8)10(6)7/h1-5,8-9H,11H2. The van der Waals surface area contributed by atoms with E-state index in [1.807, 2.05) is 23.9 Å². The quantitative estimate of drug-likeness (QED) is 0.484. The van der Waals surface area contributed by atoms with Crippen LogP contribution in [0.4, 0.5) is 5.69 Å². The zero-order chi connectivity index (χ0) is 8.13. The molecule has 2 heteroatoms. The number of nitrogen functional groups attached to an aromatic ring is 1. The fourth-order valence-electron chi connectivity index (χ4n) is 1.97. The summed E-state index contributed by atoms with van der Waals surface area (Å²) in [6.07, 6.45) is 4.53. The van der Waals surface area contributed by atoms with Crippen LogP contribution in [0.25, 0.3) is 0 Å². The van der Waals surface area contributed by atoms with Crippen molar-refractivity contribution in [3.05, 3.63) is 41.5 Å². The van der Waals surface area contributed by atoms with Crippen molar-refractivity contribution in [2.75, 3.05) is 5.73 Å². The van der Waals surface area contributed by atoms with Crippen molar-refractivity contribution >= 4 is 17.4 Å². The molecule has 0 fully saturated rings. The van der Waals surface area contributed by atoms with Crippen LogP contribution in [-0.4, -0.2) is 0 Å². The normalized spacial score (nSPS) is 29.3. The Morgan fingerprint density at radius 3 is 2.83 bits per heavy atom.